The van der Waals surface area contributed by atoms with E-state index in [4.69, 9.17) is 14.2 Å². The minimum absolute atomic E-state index is 0.0809. The standard InChI is InChI=1S/C55H100O5/c1-4-7-10-13-16-19-22-24-25-26-27-28-29-30-32-35-38-41-44-47-50-58-51-53(60-55(57)49-46-43-40-37-33-21-18-15-12-9-6-3)52-59-54(56)48-45-42-39-36-34-31-23-20-17-14-11-8-5-2/h15-16,18-19,24-25,27-28,53H,4-14,17,20-23,26,29-52H2,1-3H3/b18-15-,19-16-,25-24-,28-27-. The highest BCUT2D eigenvalue weighted by molar-refractivity contribution is 5.70. The van der Waals surface area contributed by atoms with Crippen molar-refractivity contribution in [3.63, 3.8) is 0 Å². The Kier molecular flexibility index (Phi) is 49.4. The Balaban J connectivity index is 4.22. The smallest absolute Gasteiger partial charge is 0.306 e. The van der Waals surface area contributed by atoms with Crippen LogP contribution in [0.25, 0.3) is 0 Å². The molecule has 1 atom stereocenters. The molecule has 0 radical (unpaired) electrons. The monoisotopic (exact) mass is 841 g/mol. The fourth-order valence-electron chi connectivity index (χ4n) is 7.38. The largest absolute Gasteiger partial charge is 0.462 e. The fraction of sp³-hybridized carbons (Fsp3) is 0.818. The maximum atomic E-state index is 12.8. The predicted octanol–water partition coefficient (Wildman–Crippen LogP) is 17.6. The molecule has 0 saturated heterocycles. The molecule has 60 heavy (non-hydrogen) atoms. The summed E-state index contributed by atoms with van der Waals surface area (Å²) in [4.78, 5) is 25.3. The number of hydrogen-bond donors (Lipinski definition) is 0. The highest BCUT2D eigenvalue weighted by atomic mass is 16.6. The molecule has 0 aromatic rings. The third-order valence-electron chi connectivity index (χ3n) is 11.3. The predicted molar refractivity (Wildman–Crippen MR) is 261 cm³/mol. The van der Waals surface area contributed by atoms with E-state index in [0.717, 1.165) is 64.2 Å². The number of carbonyl (C=O) groups excluding carboxylic acids is 2. The molecule has 0 amide bonds. The Morgan fingerprint density at radius 1 is 0.367 bits per heavy atom. The first-order chi connectivity index (χ1) is 29.6. The van der Waals surface area contributed by atoms with Crippen molar-refractivity contribution in [2.75, 3.05) is 19.8 Å². The first kappa shape index (κ1) is 57.9. The van der Waals surface area contributed by atoms with Crippen molar-refractivity contribution >= 4 is 11.9 Å². The zero-order valence-electron chi connectivity index (χ0n) is 40.2. The van der Waals surface area contributed by atoms with Crippen LogP contribution < -0.4 is 0 Å². The number of rotatable bonds is 48. The Morgan fingerprint density at radius 3 is 1.22 bits per heavy atom. The zero-order chi connectivity index (χ0) is 43.5. The third kappa shape index (κ3) is 48.5. The van der Waals surface area contributed by atoms with Gasteiger partial charge in [-0.1, -0.05) is 223 Å². The van der Waals surface area contributed by atoms with Crippen LogP contribution in [0.15, 0.2) is 48.6 Å². The minimum atomic E-state index is -0.542. The van der Waals surface area contributed by atoms with Crippen LogP contribution in [0.5, 0.6) is 0 Å². The molecule has 0 aromatic carbocycles. The molecular formula is C55H100O5. The Morgan fingerprint density at radius 2 is 0.717 bits per heavy atom. The molecule has 1 unspecified atom stereocenters. The topological polar surface area (TPSA) is 61.8 Å². The van der Waals surface area contributed by atoms with Gasteiger partial charge in [-0.25, -0.2) is 0 Å². The summed E-state index contributed by atoms with van der Waals surface area (Å²) in [6, 6.07) is 0. The van der Waals surface area contributed by atoms with Crippen LogP contribution in [0, 0.1) is 0 Å². The Labute approximate surface area is 373 Å². The van der Waals surface area contributed by atoms with E-state index in [0.29, 0.717) is 19.4 Å². The summed E-state index contributed by atoms with van der Waals surface area (Å²) in [5, 5.41) is 0. The van der Waals surface area contributed by atoms with E-state index < -0.39 is 6.10 Å². The van der Waals surface area contributed by atoms with Crippen molar-refractivity contribution in [3.05, 3.63) is 48.6 Å². The average molecular weight is 841 g/mol. The minimum Gasteiger partial charge on any atom is -0.462 e. The van der Waals surface area contributed by atoms with Gasteiger partial charge in [-0.3, -0.25) is 9.59 Å². The molecule has 0 bridgehead atoms. The van der Waals surface area contributed by atoms with Gasteiger partial charge in [0.05, 0.1) is 6.61 Å². The van der Waals surface area contributed by atoms with E-state index in [1.165, 1.54) is 167 Å². The second-order valence-corrected chi connectivity index (χ2v) is 17.4. The molecule has 350 valence electrons. The molecular weight excluding hydrogens is 741 g/mol. The molecule has 5 heteroatoms. The van der Waals surface area contributed by atoms with Gasteiger partial charge in [0.15, 0.2) is 6.10 Å². The number of ether oxygens (including phenoxy) is 3. The second kappa shape index (κ2) is 51.2. The lowest BCUT2D eigenvalue weighted by molar-refractivity contribution is -0.163. The van der Waals surface area contributed by atoms with Crippen molar-refractivity contribution in [2.45, 2.75) is 271 Å². The Bertz CT molecular complexity index is 997. The van der Waals surface area contributed by atoms with Gasteiger partial charge in [-0.15, -0.1) is 0 Å². The average Bonchev–Trinajstić information content (AvgIpc) is 3.25. The zero-order valence-corrected chi connectivity index (χ0v) is 40.2. The maximum Gasteiger partial charge on any atom is 0.306 e. The van der Waals surface area contributed by atoms with E-state index >= 15 is 0 Å². The molecule has 0 N–H and O–H groups in total. The number of unbranched alkanes of at least 4 members (excludes halogenated alkanes) is 29. The highest BCUT2D eigenvalue weighted by Crippen LogP contribution is 2.15. The van der Waals surface area contributed by atoms with Gasteiger partial charge in [0.25, 0.3) is 0 Å². The van der Waals surface area contributed by atoms with Gasteiger partial charge in [0.2, 0.25) is 0 Å². The van der Waals surface area contributed by atoms with Gasteiger partial charge in [-0.05, 0) is 77.0 Å². The molecule has 0 aliphatic carbocycles. The van der Waals surface area contributed by atoms with E-state index in [1.54, 1.807) is 0 Å². The van der Waals surface area contributed by atoms with Crippen molar-refractivity contribution < 1.29 is 23.8 Å². The number of allylic oxidation sites excluding steroid dienone is 8. The quantitative estimate of drug-likeness (QED) is 0.0347. The first-order valence-electron chi connectivity index (χ1n) is 26.2. The summed E-state index contributed by atoms with van der Waals surface area (Å²) in [6.45, 7) is 7.76. The van der Waals surface area contributed by atoms with E-state index in [-0.39, 0.29) is 25.2 Å². The molecule has 0 spiro atoms. The lowest BCUT2D eigenvalue weighted by Crippen LogP contribution is -2.30. The van der Waals surface area contributed by atoms with Crippen LogP contribution in [0.4, 0.5) is 0 Å². The van der Waals surface area contributed by atoms with Crippen molar-refractivity contribution in [1.82, 2.24) is 0 Å². The van der Waals surface area contributed by atoms with Crippen LogP contribution in [-0.4, -0.2) is 37.9 Å². The van der Waals surface area contributed by atoms with Gasteiger partial charge in [-0.2, -0.15) is 0 Å². The molecule has 0 rings (SSSR count). The Hall–Kier alpha value is -2.14. The third-order valence-corrected chi connectivity index (χ3v) is 11.3. The second-order valence-electron chi connectivity index (χ2n) is 17.4. The molecule has 0 saturated carbocycles. The number of hydrogen-bond acceptors (Lipinski definition) is 5. The maximum absolute atomic E-state index is 12.8. The summed E-state index contributed by atoms with van der Waals surface area (Å²) in [7, 11) is 0. The van der Waals surface area contributed by atoms with Crippen LogP contribution >= 0.6 is 0 Å². The van der Waals surface area contributed by atoms with Crippen molar-refractivity contribution in [1.29, 1.82) is 0 Å². The normalized spacial score (nSPS) is 12.5. The van der Waals surface area contributed by atoms with Crippen LogP contribution in [0.3, 0.4) is 0 Å². The van der Waals surface area contributed by atoms with Crippen molar-refractivity contribution in [2.24, 2.45) is 0 Å². The van der Waals surface area contributed by atoms with Gasteiger partial charge in [0, 0.05) is 19.4 Å². The van der Waals surface area contributed by atoms with Gasteiger partial charge < -0.3 is 14.2 Å². The van der Waals surface area contributed by atoms with E-state index in [2.05, 4.69) is 69.4 Å². The summed E-state index contributed by atoms with van der Waals surface area (Å²) < 4.78 is 17.4. The summed E-state index contributed by atoms with van der Waals surface area (Å²) in [5.41, 5.74) is 0. The van der Waals surface area contributed by atoms with E-state index in [9.17, 15) is 9.59 Å². The number of carbonyl (C=O) groups is 2. The number of esters is 2. The SMILES string of the molecule is CCCC/C=C\CCCCCCCC(=O)OC(COCCCCCCCCC/C=C\C/C=C\C/C=C\CCCCC)COC(=O)CCCCCCCCCCCCCCC. The molecule has 0 fully saturated rings. The summed E-state index contributed by atoms with van der Waals surface area (Å²) in [6.07, 6.45) is 62.6. The fourth-order valence-corrected chi connectivity index (χ4v) is 7.38. The van der Waals surface area contributed by atoms with Crippen molar-refractivity contribution in [3.8, 4) is 0 Å². The van der Waals surface area contributed by atoms with Crippen LogP contribution in [0.2, 0.25) is 0 Å². The molecule has 0 heterocycles. The lowest BCUT2D eigenvalue weighted by Gasteiger charge is -2.18. The van der Waals surface area contributed by atoms with Gasteiger partial charge >= 0.3 is 11.9 Å². The van der Waals surface area contributed by atoms with Crippen LogP contribution in [0.1, 0.15) is 265 Å². The first-order valence-corrected chi connectivity index (χ1v) is 26.2. The van der Waals surface area contributed by atoms with Gasteiger partial charge in [0.1, 0.15) is 6.61 Å². The highest BCUT2D eigenvalue weighted by Gasteiger charge is 2.17. The summed E-state index contributed by atoms with van der Waals surface area (Å²) >= 11 is 0. The molecule has 5 nitrogen and oxygen atoms in total. The summed E-state index contributed by atoms with van der Waals surface area (Å²) in [5.74, 6) is -0.404. The van der Waals surface area contributed by atoms with Crippen LogP contribution in [-0.2, 0) is 23.8 Å². The van der Waals surface area contributed by atoms with E-state index in [1.807, 2.05) is 0 Å². The molecule has 0 aliphatic rings. The molecule has 0 aliphatic heterocycles. The molecule has 0 aromatic heterocycles. The lowest BCUT2D eigenvalue weighted by atomic mass is 10.0.